The number of hydrogen-bond acceptors (Lipinski definition) is 3. The zero-order chi connectivity index (χ0) is 15.6. The lowest BCUT2D eigenvalue weighted by Crippen LogP contribution is -2.15. The van der Waals surface area contributed by atoms with Crippen LogP contribution in [0.5, 0.6) is 0 Å². The first-order valence-electron chi connectivity index (χ1n) is 5.91. The topological polar surface area (TPSA) is 68.0 Å². The highest BCUT2D eigenvalue weighted by molar-refractivity contribution is 7.80. The molecule has 2 rings (SSSR count). The number of anilines is 1. The SMILES string of the molecule is Cc1cc(Cl)c(NC(=O)c2ccc(C(N)=S)cn2)cc1Cl. The molecule has 4 nitrogen and oxygen atoms in total. The lowest BCUT2D eigenvalue weighted by Gasteiger charge is -2.09. The number of nitrogens with two attached hydrogens (primary N) is 1. The Morgan fingerprint density at radius 1 is 1.29 bits per heavy atom. The average Bonchev–Trinajstić information content (AvgIpc) is 2.44. The quantitative estimate of drug-likeness (QED) is 0.838. The summed E-state index contributed by atoms with van der Waals surface area (Å²) in [4.78, 5) is 16.3. The van der Waals surface area contributed by atoms with Crippen molar-refractivity contribution in [3.05, 3.63) is 57.3 Å². The summed E-state index contributed by atoms with van der Waals surface area (Å²) in [5.41, 5.74) is 7.55. The van der Waals surface area contributed by atoms with Crippen LogP contribution in [0.2, 0.25) is 10.0 Å². The summed E-state index contributed by atoms with van der Waals surface area (Å²) in [6, 6.07) is 6.45. The third kappa shape index (κ3) is 3.69. The van der Waals surface area contributed by atoms with Gasteiger partial charge in [-0.3, -0.25) is 9.78 Å². The highest BCUT2D eigenvalue weighted by atomic mass is 35.5. The molecule has 0 fully saturated rings. The number of aryl methyl sites for hydroxylation is 1. The molecule has 0 aliphatic carbocycles. The number of aromatic nitrogens is 1. The van der Waals surface area contributed by atoms with Crippen LogP contribution in [0.15, 0.2) is 30.5 Å². The van der Waals surface area contributed by atoms with Gasteiger partial charge in [0, 0.05) is 16.8 Å². The molecule has 3 N–H and O–H groups in total. The first-order chi connectivity index (χ1) is 9.88. The van der Waals surface area contributed by atoms with Gasteiger partial charge in [-0.05, 0) is 36.8 Å². The molecule has 0 aliphatic rings. The second kappa shape index (κ2) is 6.39. The van der Waals surface area contributed by atoms with E-state index in [1.54, 1.807) is 18.2 Å². The Hall–Kier alpha value is -1.69. The van der Waals surface area contributed by atoms with E-state index >= 15 is 0 Å². The van der Waals surface area contributed by atoms with Crippen molar-refractivity contribution in [3.63, 3.8) is 0 Å². The van der Waals surface area contributed by atoms with E-state index < -0.39 is 5.91 Å². The minimum Gasteiger partial charge on any atom is -0.389 e. The molecule has 1 aromatic carbocycles. The molecule has 108 valence electrons. The summed E-state index contributed by atoms with van der Waals surface area (Å²) >= 11 is 16.9. The van der Waals surface area contributed by atoms with E-state index in [2.05, 4.69) is 10.3 Å². The Bertz CT molecular complexity index is 717. The van der Waals surface area contributed by atoms with E-state index in [0.717, 1.165) is 5.56 Å². The normalized spacial score (nSPS) is 10.2. The van der Waals surface area contributed by atoms with Gasteiger partial charge in [0.2, 0.25) is 0 Å². The average molecular weight is 340 g/mol. The van der Waals surface area contributed by atoms with Gasteiger partial charge in [-0.1, -0.05) is 35.4 Å². The Morgan fingerprint density at radius 3 is 2.57 bits per heavy atom. The number of rotatable bonds is 3. The number of thiocarbonyl (C=S) groups is 1. The van der Waals surface area contributed by atoms with Gasteiger partial charge < -0.3 is 11.1 Å². The molecule has 0 radical (unpaired) electrons. The lowest BCUT2D eigenvalue weighted by molar-refractivity contribution is 0.102. The van der Waals surface area contributed by atoms with Gasteiger partial charge in [-0.15, -0.1) is 0 Å². The molecule has 1 heterocycles. The molecule has 0 unspecified atom stereocenters. The van der Waals surface area contributed by atoms with Gasteiger partial charge in [0.1, 0.15) is 10.7 Å². The van der Waals surface area contributed by atoms with Crippen molar-refractivity contribution in [2.45, 2.75) is 6.92 Å². The van der Waals surface area contributed by atoms with E-state index in [0.29, 0.717) is 21.3 Å². The molecule has 0 saturated carbocycles. The van der Waals surface area contributed by atoms with Crippen LogP contribution in [-0.2, 0) is 0 Å². The van der Waals surface area contributed by atoms with Crippen LogP contribution in [0.1, 0.15) is 21.6 Å². The highest BCUT2D eigenvalue weighted by Crippen LogP contribution is 2.29. The third-order valence-electron chi connectivity index (χ3n) is 2.78. The van der Waals surface area contributed by atoms with Gasteiger partial charge in [0.05, 0.1) is 10.7 Å². The van der Waals surface area contributed by atoms with E-state index in [1.165, 1.54) is 12.3 Å². The van der Waals surface area contributed by atoms with Gasteiger partial charge in [0.15, 0.2) is 0 Å². The maximum atomic E-state index is 12.1. The van der Waals surface area contributed by atoms with Crippen LogP contribution in [0, 0.1) is 6.92 Å². The molecule has 1 aromatic heterocycles. The lowest BCUT2D eigenvalue weighted by atomic mass is 10.2. The van der Waals surface area contributed by atoms with E-state index in [-0.39, 0.29) is 10.7 Å². The zero-order valence-corrected chi connectivity index (χ0v) is 13.3. The summed E-state index contributed by atoms with van der Waals surface area (Å²) in [7, 11) is 0. The maximum absolute atomic E-state index is 12.1. The molecule has 1 amide bonds. The Labute approximate surface area is 137 Å². The molecule has 0 atom stereocenters. The molecule has 0 spiro atoms. The van der Waals surface area contributed by atoms with Crippen LogP contribution in [0.25, 0.3) is 0 Å². The molecule has 0 saturated heterocycles. The second-order valence-electron chi connectivity index (χ2n) is 4.33. The van der Waals surface area contributed by atoms with Crippen molar-refractivity contribution in [1.82, 2.24) is 4.98 Å². The molecule has 7 heteroatoms. The zero-order valence-electron chi connectivity index (χ0n) is 11.0. The molecule has 21 heavy (non-hydrogen) atoms. The Morgan fingerprint density at radius 2 is 2.00 bits per heavy atom. The fourth-order valence-electron chi connectivity index (χ4n) is 1.60. The number of carbonyl (C=O) groups is 1. The standard InChI is InChI=1S/C14H11Cl2N3OS/c1-7-4-10(16)12(5-9(7)15)19-14(20)11-3-2-8(6-18-11)13(17)21/h2-6H,1H3,(H2,17,21)(H,19,20). The number of amides is 1. The van der Waals surface area contributed by atoms with Gasteiger partial charge in [-0.25, -0.2) is 0 Å². The first kappa shape index (κ1) is 15.7. The predicted molar refractivity (Wildman–Crippen MR) is 89.3 cm³/mol. The maximum Gasteiger partial charge on any atom is 0.274 e. The smallest absolute Gasteiger partial charge is 0.274 e. The predicted octanol–water partition coefficient (Wildman–Crippen LogP) is 3.58. The fourth-order valence-corrected chi connectivity index (χ4v) is 2.15. The fraction of sp³-hybridized carbons (Fsp3) is 0.0714. The minimum absolute atomic E-state index is 0.225. The second-order valence-corrected chi connectivity index (χ2v) is 5.59. The van der Waals surface area contributed by atoms with Crippen LogP contribution >= 0.6 is 35.4 Å². The van der Waals surface area contributed by atoms with E-state index in [4.69, 9.17) is 41.2 Å². The highest BCUT2D eigenvalue weighted by Gasteiger charge is 2.11. The van der Waals surface area contributed by atoms with Gasteiger partial charge >= 0.3 is 0 Å². The van der Waals surface area contributed by atoms with Crippen molar-refractivity contribution in [2.24, 2.45) is 5.73 Å². The van der Waals surface area contributed by atoms with Gasteiger partial charge in [0.25, 0.3) is 5.91 Å². The summed E-state index contributed by atoms with van der Waals surface area (Å²) in [5, 5.41) is 3.59. The van der Waals surface area contributed by atoms with Crippen LogP contribution < -0.4 is 11.1 Å². The summed E-state index contributed by atoms with van der Waals surface area (Å²) in [6.45, 7) is 1.83. The Balaban J connectivity index is 2.22. The van der Waals surface area contributed by atoms with E-state index in [9.17, 15) is 4.79 Å². The van der Waals surface area contributed by atoms with Crippen LogP contribution in [-0.4, -0.2) is 15.9 Å². The summed E-state index contributed by atoms with van der Waals surface area (Å²) in [6.07, 6.45) is 1.45. The van der Waals surface area contributed by atoms with Gasteiger partial charge in [-0.2, -0.15) is 0 Å². The van der Waals surface area contributed by atoms with Crippen LogP contribution in [0.3, 0.4) is 0 Å². The minimum atomic E-state index is -0.397. The number of hydrogen-bond donors (Lipinski definition) is 2. The summed E-state index contributed by atoms with van der Waals surface area (Å²) < 4.78 is 0. The monoisotopic (exact) mass is 339 g/mol. The number of benzene rings is 1. The number of halogens is 2. The van der Waals surface area contributed by atoms with E-state index in [1.807, 2.05) is 6.92 Å². The van der Waals surface area contributed by atoms with Crippen molar-refractivity contribution >= 4 is 52.0 Å². The Kier molecular flexibility index (Phi) is 4.77. The van der Waals surface area contributed by atoms with Crippen molar-refractivity contribution < 1.29 is 4.79 Å². The van der Waals surface area contributed by atoms with Crippen LogP contribution in [0.4, 0.5) is 5.69 Å². The number of carbonyl (C=O) groups excluding carboxylic acids is 1. The van der Waals surface area contributed by atoms with Crippen molar-refractivity contribution in [2.75, 3.05) is 5.32 Å². The largest absolute Gasteiger partial charge is 0.389 e. The molecular formula is C14H11Cl2N3OS. The molecular weight excluding hydrogens is 329 g/mol. The molecule has 0 bridgehead atoms. The summed E-state index contributed by atoms with van der Waals surface area (Å²) in [5.74, 6) is -0.397. The first-order valence-corrected chi connectivity index (χ1v) is 7.07. The molecule has 0 aliphatic heterocycles. The number of pyridine rings is 1. The number of nitrogens with one attached hydrogen (secondary N) is 1. The van der Waals surface area contributed by atoms with Crippen molar-refractivity contribution in [1.29, 1.82) is 0 Å². The third-order valence-corrected chi connectivity index (χ3v) is 3.73. The van der Waals surface area contributed by atoms with Crippen molar-refractivity contribution in [3.8, 4) is 0 Å². The molecule has 2 aromatic rings. The number of nitrogens with zero attached hydrogens (tertiary/aromatic N) is 1.